The lowest BCUT2D eigenvalue weighted by Crippen LogP contribution is -2.40. The summed E-state index contributed by atoms with van der Waals surface area (Å²) in [6.07, 6.45) is 3.51. The Bertz CT molecular complexity index is 805. The lowest BCUT2D eigenvalue weighted by Gasteiger charge is -2.22. The molecule has 0 aliphatic rings. The molecular weight excluding hydrogens is 388 g/mol. The van der Waals surface area contributed by atoms with Crippen LogP contribution in [0.4, 0.5) is 5.69 Å². The van der Waals surface area contributed by atoms with E-state index < -0.39 is 10.0 Å². The molecule has 0 unspecified atom stereocenters. The Balaban J connectivity index is 1.77. The highest BCUT2D eigenvalue weighted by Gasteiger charge is 2.20. The molecule has 0 saturated carbocycles. The summed E-state index contributed by atoms with van der Waals surface area (Å²) in [7, 11) is -2.05. The van der Waals surface area contributed by atoms with Crippen LogP contribution >= 0.6 is 11.8 Å². The third kappa shape index (κ3) is 7.18. The van der Waals surface area contributed by atoms with Gasteiger partial charge in [-0.25, -0.2) is 8.42 Å². The third-order valence-electron chi connectivity index (χ3n) is 3.66. The summed E-state index contributed by atoms with van der Waals surface area (Å²) in [5.74, 6) is 2.86. The zero-order chi connectivity index (χ0) is 19.7. The fraction of sp³-hybridized carbons (Fsp3) is 0.389. The van der Waals surface area contributed by atoms with Gasteiger partial charge in [-0.05, 0) is 48.6 Å². The lowest BCUT2D eigenvalue weighted by molar-refractivity contribution is -0.119. The lowest BCUT2D eigenvalue weighted by atomic mass is 10.3. The summed E-state index contributed by atoms with van der Waals surface area (Å²) < 4.78 is 35.5. The second-order valence-electron chi connectivity index (χ2n) is 5.80. The van der Waals surface area contributed by atoms with Crippen molar-refractivity contribution in [2.45, 2.75) is 12.2 Å². The summed E-state index contributed by atoms with van der Waals surface area (Å²) in [6, 6.07) is 10.3. The number of benzene rings is 1. The number of nitrogens with zero attached hydrogens (tertiary/aromatic N) is 1. The largest absolute Gasteiger partial charge is 0.497 e. The first-order chi connectivity index (χ1) is 12.9. The van der Waals surface area contributed by atoms with Crippen molar-refractivity contribution in [1.82, 2.24) is 5.32 Å². The standard InChI is InChI=1S/C18H24N2O5S2/c1-24-16-8-6-15(7-9-16)20(27(2,22)23)13-18(21)19-10-4-12-26-14-17-5-3-11-25-17/h3,5-9,11H,4,10,12-14H2,1-2H3,(H,19,21). The highest BCUT2D eigenvalue weighted by Crippen LogP contribution is 2.21. The van der Waals surface area contributed by atoms with Crippen molar-refractivity contribution >= 4 is 33.4 Å². The van der Waals surface area contributed by atoms with Gasteiger partial charge in [0.25, 0.3) is 0 Å². The summed E-state index contributed by atoms with van der Waals surface area (Å²) in [5.41, 5.74) is 0.419. The topological polar surface area (TPSA) is 88.8 Å². The Labute approximate surface area is 164 Å². The van der Waals surface area contributed by atoms with E-state index in [1.165, 1.54) is 7.11 Å². The van der Waals surface area contributed by atoms with E-state index in [9.17, 15) is 13.2 Å². The highest BCUT2D eigenvalue weighted by molar-refractivity contribution is 7.98. The first kappa shape index (κ1) is 21.2. The number of sulfonamides is 1. The zero-order valence-electron chi connectivity index (χ0n) is 15.4. The van der Waals surface area contributed by atoms with Gasteiger partial charge in [0, 0.05) is 6.54 Å². The third-order valence-corrected chi connectivity index (χ3v) is 5.87. The number of hydrogen-bond donors (Lipinski definition) is 1. The SMILES string of the molecule is COc1ccc(N(CC(=O)NCCCSCc2ccco2)S(C)(=O)=O)cc1. The molecule has 27 heavy (non-hydrogen) atoms. The van der Waals surface area contributed by atoms with Gasteiger partial charge in [-0.15, -0.1) is 0 Å². The molecule has 1 heterocycles. The number of ether oxygens (including phenoxy) is 1. The minimum atomic E-state index is -3.58. The Hall–Kier alpha value is -2.13. The number of thioether (sulfide) groups is 1. The number of nitrogens with one attached hydrogen (secondary N) is 1. The number of hydrogen-bond acceptors (Lipinski definition) is 6. The smallest absolute Gasteiger partial charge is 0.240 e. The van der Waals surface area contributed by atoms with E-state index in [1.54, 1.807) is 42.3 Å². The van der Waals surface area contributed by atoms with E-state index >= 15 is 0 Å². The molecule has 0 saturated heterocycles. The van der Waals surface area contributed by atoms with E-state index in [0.29, 0.717) is 18.0 Å². The molecule has 1 amide bonds. The van der Waals surface area contributed by atoms with Crippen molar-refractivity contribution in [3.05, 3.63) is 48.4 Å². The summed E-state index contributed by atoms with van der Waals surface area (Å²) in [4.78, 5) is 12.2. The van der Waals surface area contributed by atoms with E-state index in [2.05, 4.69) is 5.32 Å². The quantitative estimate of drug-likeness (QED) is 0.571. The van der Waals surface area contributed by atoms with E-state index in [1.807, 2.05) is 12.1 Å². The molecule has 0 atom stereocenters. The summed E-state index contributed by atoms with van der Waals surface area (Å²) in [5, 5.41) is 2.76. The Morgan fingerprint density at radius 1 is 1.26 bits per heavy atom. The molecule has 1 aromatic heterocycles. The van der Waals surface area contributed by atoms with Crippen molar-refractivity contribution in [1.29, 1.82) is 0 Å². The van der Waals surface area contributed by atoms with Gasteiger partial charge in [0.1, 0.15) is 18.1 Å². The fourth-order valence-electron chi connectivity index (χ4n) is 2.30. The molecule has 0 aliphatic carbocycles. The van der Waals surface area contributed by atoms with Crippen molar-refractivity contribution in [2.24, 2.45) is 0 Å². The number of amides is 1. The molecule has 0 fully saturated rings. The molecule has 1 aromatic carbocycles. The Morgan fingerprint density at radius 3 is 2.59 bits per heavy atom. The van der Waals surface area contributed by atoms with Crippen LogP contribution in [0.1, 0.15) is 12.2 Å². The maximum Gasteiger partial charge on any atom is 0.240 e. The molecule has 1 N–H and O–H groups in total. The van der Waals surface area contributed by atoms with Crippen LogP contribution in [0.5, 0.6) is 5.75 Å². The molecule has 0 aliphatic heterocycles. The average Bonchev–Trinajstić information content (AvgIpc) is 3.15. The van der Waals surface area contributed by atoms with Gasteiger partial charge in [-0.2, -0.15) is 11.8 Å². The fourth-order valence-corrected chi connectivity index (χ4v) is 4.02. The second kappa shape index (κ2) is 10.3. The van der Waals surface area contributed by atoms with Gasteiger partial charge in [0.15, 0.2) is 0 Å². The van der Waals surface area contributed by atoms with Crippen LogP contribution in [-0.4, -0.2) is 46.5 Å². The predicted molar refractivity (Wildman–Crippen MR) is 108 cm³/mol. The Kier molecular flexibility index (Phi) is 8.05. The number of furan rings is 1. The van der Waals surface area contributed by atoms with Crippen LogP contribution in [0.2, 0.25) is 0 Å². The van der Waals surface area contributed by atoms with Crippen molar-refractivity contribution in [3.8, 4) is 5.75 Å². The molecule has 9 heteroatoms. The minimum Gasteiger partial charge on any atom is -0.497 e. The molecular formula is C18H24N2O5S2. The van der Waals surface area contributed by atoms with Gasteiger partial charge < -0.3 is 14.5 Å². The molecule has 7 nitrogen and oxygen atoms in total. The number of methoxy groups -OCH3 is 1. The van der Waals surface area contributed by atoms with Gasteiger partial charge in [-0.1, -0.05) is 0 Å². The van der Waals surface area contributed by atoms with E-state index in [-0.39, 0.29) is 12.5 Å². The number of rotatable bonds is 11. The van der Waals surface area contributed by atoms with Gasteiger partial charge in [0.05, 0.1) is 31.1 Å². The average molecular weight is 413 g/mol. The highest BCUT2D eigenvalue weighted by atomic mass is 32.2. The molecule has 0 radical (unpaired) electrons. The van der Waals surface area contributed by atoms with Gasteiger partial charge in [0.2, 0.25) is 15.9 Å². The first-order valence-electron chi connectivity index (χ1n) is 8.39. The minimum absolute atomic E-state index is 0.259. The van der Waals surface area contributed by atoms with Gasteiger partial charge >= 0.3 is 0 Å². The predicted octanol–water partition coefficient (Wildman–Crippen LogP) is 2.49. The number of carbonyl (C=O) groups is 1. The molecule has 0 bridgehead atoms. The van der Waals surface area contributed by atoms with E-state index in [4.69, 9.17) is 9.15 Å². The Morgan fingerprint density at radius 2 is 2.00 bits per heavy atom. The molecule has 2 rings (SSSR count). The van der Waals surface area contributed by atoms with Crippen LogP contribution in [-0.2, 0) is 20.6 Å². The number of carbonyl (C=O) groups excluding carboxylic acids is 1. The number of anilines is 1. The van der Waals surface area contributed by atoms with Crippen LogP contribution in [0, 0.1) is 0 Å². The van der Waals surface area contributed by atoms with Crippen molar-refractivity contribution < 1.29 is 22.4 Å². The second-order valence-corrected chi connectivity index (χ2v) is 8.82. The monoisotopic (exact) mass is 412 g/mol. The maximum absolute atomic E-state index is 12.2. The van der Waals surface area contributed by atoms with Crippen molar-refractivity contribution in [2.75, 3.05) is 36.5 Å². The van der Waals surface area contributed by atoms with Gasteiger partial charge in [-0.3, -0.25) is 9.10 Å². The van der Waals surface area contributed by atoms with Crippen LogP contribution < -0.4 is 14.4 Å². The maximum atomic E-state index is 12.2. The first-order valence-corrected chi connectivity index (χ1v) is 11.4. The molecule has 0 spiro atoms. The van der Waals surface area contributed by atoms with Crippen LogP contribution in [0.15, 0.2) is 47.1 Å². The zero-order valence-corrected chi connectivity index (χ0v) is 17.0. The normalized spacial score (nSPS) is 11.2. The van der Waals surface area contributed by atoms with Crippen LogP contribution in [0.25, 0.3) is 0 Å². The summed E-state index contributed by atoms with van der Waals surface area (Å²) in [6.45, 7) is 0.231. The molecule has 2 aromatic rings. The van der Waals surface area contributed by atoms with Crippen molar-refractivity contribution in [3.63, 3.8) is 0 Å². The summed E-state index contributed by atoms with van der Waals surface area (Å²) >= 11 is 1.72. The molecule has 148 valence electrons. The van der Waals surface area contributed by atoms with E-state index in [0.717, 1.165) is 34.2 Å². The van der Waals surface area contributed by atoms with Crippen LogP contribution in [0.3, 0.4) is 0 Å².